The minimum absolute atomic E-state index is 0.0436. The Labute approximate surface area is 119 Å². The van der Waals surface area contributed by atoms with Gasteiger partial charge in [-0.05, 0) is 31.9 Å². The summed E-state index contributed by atoms with van der Waals surface area (Å²) in [6, 6.07) is 3.55. The van der Waals surface area contributed by atoms with E-state index in [1.807, 2.05) is 25.8 Å². The van der Waals surface area contributed by atoms with Crippen molar-refractivity contribution in [3.05, 3.63) is 33.7 Å². The predicted octanol–water partition coefficient (Wildman–Crippen LogP) is 1.32. The molecule has 1 aliphatic heterocycles. The molecular formula is C15H23N3O2. The van der Waals surface area contributed by atoms with E-state index in [1.165, 1.54) is 6.07 Å². The predicted molar refractivity (Wildman–Crippen MR) is 79.1 cm³/mol. The average molecular weight is 277 g/mol. The molecule has 1 aromatic heterocycles. The second kappa shape index (κ2) is 6.22. The van der Waals surface area contributed by atoms with Crippen LogP contribution in [0.2, 0.25) is 0 Å². The lowest BCUT2D eigenvalue weighted by Gasteiger charge is -2.32. The smallest absolute Gasteiger partial charge is 0.254 e. The molecule has 0 radical (unpaired) electrons. The first-order valence-corrected chi connectivity index (χ1v) is 7.22. The number of hydrogen-bond acceptors (Lipinski definition) is 3. The van der Waals surface area contributed by atoms with Crippen molar-refractivity contribution in [1.29, 1.82) is 0 Å². The number of likely N-dealkylation sites (tertiary alicyclic amines) is 1. The van der Waals surface area contributed by atoms with Crippen molar-refractivity contribution in [2.45, 2.75) is 38.6 Å². The minimum Gasteiger partial charge on any atom is -0.337 e. The van der Waals surface area contributed by atoms with Crippen molar-refractivity contribution in [1.82, 2.24) is 15.2 Å². The lowest BCUT2D eigenvalue weighted by Crippen LogP contribution is -2.47. The molecule has 0 aromatic carbocycles. The number of carbonyl (C=O) groups excluding carboxylic acids is 1. The number of amides is 1. The summed E-state index contributed by atoms with van der Waals surface area (Å²) >= 11 is 0. The Morgan fingerprint density at radius 3 is 2.85 bits per heavy atom. The molecule has 0 saturated carbocycles. The number of pyridine rings is 1. The van der Waals surface area contributed by atoms with E-state index < -0.39 is 0 Å². The van der Waals surface area contributed by atoms with Gasteiger partial charge in [0.1, 0.15) is 0 Å². The van der Waals surface area contributed by atoms with Gasteiger partial charge in [-0.25, -0.2) is 0 Å². The summed E-state index contributed by atoms with van der Waals surface area (Å²) in [4.78, 5) is 28.8. The number of nitrogens with zero attached hydrogens (tertiary/aromatic N) is 1. The zero-order valence-corrected chi connectivity index (χ0v) is 12.4. The van der Waals surface area contributed by atoms with Crippen LogP contribution in [-0.2, 0) is 0 Å². The Bertz CT molecular complexity index is 536. The Morgan fingerprint density at radius 1 is 1.45 bits per heavy atom. The molecule has 0 bridgehead atoms. The molecule has 1 saturated heterocycles. The molecule has 20 heavy (non-hydrogen) atoms. The van der Waals surface area contributed by atoms with Crippen LogP contribution in [0.5, 0.6) is 0 Å². The van der Waals surface area contributed by atoms with Crippen LogP contribution in [0.25, 0.3) is 0 Å². The van der Waals surface area contributed by atoms with Crippen LogP contribution < -0.4 is 10.9 Å². The van der Waals surface area contributed by atoms with Crippen molar-refractivity contribution in [2.24, 2.45) is 0 Å². The van der Waals surface area contributed by atoms with Gasteiger partial charge < -0.3 is 15.2 Å². The maximum atomic E-state index is 12.5. The molecule has 1 aromatic rings. The van der Waals surface area contributed by atoms with Crippen molar-refractivity contribution in [3.8, 4) is 0 Å². The van der Waals surface area contributed by atoms with Crippen LogP contribution in [-0.4, -0.2) is 42.0 Å². The van der Waals surface area contributed by atoms with Gasteiger partial charge in [-0.15, -0.1) is 0 Å². The molecule has 2 rings (SSSR count). The molecule has 2 N–H and O–H groups in total. The van der Waals surface area contributed by atoms with Crippen LogP contribution in [0.4, 0.5) is 0 Å². The van der Waals surface area contributed by atoms with E-state index in [4.69, 9.17) is 0 Å². The number of hydrogen-bond donors (Lipinski definition) is 2. The van der Waals surface area contributed by atoms with Gasteiger partial charge in [-0.2, -0.15) is 0 Å². The lowest BCUT2D eigenvalue weighted by atomic mass is 10.0. The van der Waals surface area contributed by atoms with Crippen molar-refractivity contribution in [2.75, 3.05) is 20.1 Å². The van der Waals surface area contributed by atoms with E-state index >= 15 is 0 Å². The van der Waals surface area contributed by atoms with Gasteiger partial charge in [0.25, 0.3) is 5.91 Å². The monoisotopic (exact) mass is 277 g/mol. The Kier molecular flexibility index (Phi) is 4.60. The van der Waals surface area contributed by atoms with Crippen molar-refractivity contribution < 1.29 is 4.79 Å². The van der Waals surface area contributed by atoms with Gasteiger partial charge in [0, 0.05) is 36.5 Å². The fraction of sp³-hybridized carbons (Fsp3) is 0.600. The largest absolute Gasteiger partial charge is 0.337 e. The first kappa shape index (κ1) is 14.8. The maximum Gasteiger partial charge on any atom is 0.254 e. The summed E-state index contributed by atoms with van der Waals surface area (Å²) in [6.45, 7) is 5.47. The summed E-state index contributed by atoms with van der Waals surface area (Å²) in [5.74, 6) is 0.153. The molecule has 1 aliphatic rings. The number of piperidine rings is 1. The summed E-state index contributed by atoms with van der Waals surface area (Å²) in [6.07, 6.45) is 2.09. The van der Waals surface area contributed by atoms with Crippen molar-refractivity contribution >= 4 is 5.91 Å². The van der Waals surface area contributed by atoms with Crippen LogP contribution in [0.1, 0.15) is 48.7 Å². The van der Waals surface area contributed by atoms with Crippen LogP contribution >= 0.6 is 0 Å². The zero-order valence-electron chi connectivity index (χ0n) is 12.4. The molecule has 5 nitrogen and oxygen atoms in total. The summed E-state index contributed by atoms with van der Waals surface area (Å²) in [5, 5.41) is 3.22. The molecule has 2 heterocycles. The second-order valence-corrected chi connectivity index (χ2v) is 5.72. The molecule has 110 valence electrons. The quantitative estimate of drug-likeness (QED) is 0.876. The van der Waals surface area contributed by atoms with E-state index in [0.29, 0.717) is 18.2 Å². The van der Waals surface area contributed by atoms with Crippen LogP contribution in [0, 0.1) is 0 Å². The van der Waals surface area contributed by atoms with Gasteiger partial charge in [0.05, 0.1) is 0 Å². The van der Waals surface area contributed by atoms with E-state index in [2.05, 4.69) is 10.3 Å². The molecule has 1 unspecified atom stereocenters. The van der Waals surface area contributed by atoms with E-state index in [0.717, 1.165) is 25.1 Å². The highest BCUT2D eigenvalue weighted by Crippen LogP contribution is 2.16. The normalized spacial score (nSPS) is 19.4. The summed E-state index contributed by atoms with van der Waals surface area (Å²) < 4.78 is 0. The second-order valence-electron chi connectivity index (χ2n) is 5.72. The van der Waals surface area contributed by atoms with Crippen molar-refractivity contribution in [3.63, 3.8) is 0 Å². The highest BCUT2D eigenvalue weighted by molar-refractivity contribution is 5.94. The first-order chi connectivity index (χ1) is 9.51. The van der Waals surface area contributed by atoms with Gasteiger partial charge >= 0.3 is 0 Å². The number of aromatic amines is 1. The molecule has 5 heteroatoms. The van der Waals surface area contributed by atoms with E-state index in [1.54, 1.807) is 6.07 Å². The Morgan fingerprint density at radius 2 is 2.20 bits per heavy atom. The Balaban J connectivity index is 2.22. The number of rotatable bonds is 3. The van der Waals surface area contributed by atoms with Gasteiger partial charge in [-0.3, -0.25) is 9.59 Å². The van der Waals surface area contributed by atoms with Crippen LogP contribution in [0.15, 0.2) is 16.9 Å². The lowest BCUT2D eigenvalue weighted by molar-refractivity contribution is 0.0698. The molecule has 0 aliphatic carbocycles. The zero-order chi connectivity index (χ0) is 14.7. The highest BCUT2D eigenvalue weighted by atomic mass is 16.2. The highest BCUT2D eigenvalue weighted by Gasteiger charge is 2.24. The van der Waals surface area contributed by atoms with E-state index in [9.17, 15) is 9.59 Å². The minimum atomic E-state index is -0.207. The Hall–Kier alpha value is -1.62. The number of carbonyl (C=O) groups is 1. The fourth-order valence-corrected chi connectivity index (χ4v) is 2.58. The topological polar surface area (TPSA) is 65.2 Å². The summed E-state index contributed by atoms with van der Waals surface area (Å²) in [5.41, 5.74) is 1.10. The maximum absolute atomic E-state index is 12.5. The standard InChI is InChI=1S/C15H23N3O2/c1-10(2)13-7-11(8-14(19)17-13)15(20)18-6-4-5-12(9-18)16-3/h7-8,10,12,16H,4-6,9H2,1-3H3,(H,17,19). The van der Waals surface area contributed by atoms with Gasteiger partial charge in [-0.1, -0.05) is 13.8 Å². The fourth-order valence-electron chi connectivity index (χ4n) is 2.58. The number of aromatic nitrogens is 1. The molecule has 1 fully saturated rings. The molecule has 0 spiro atoms. The third-order valence-electron chi connectivity index (χ3n) is 3.85. The van der Waals surface area contributed by atoms with Gasteiger partial charge in [0.15, 0.2) is 0 Å². The van der Waals surface area contributed by atoms with E-state index in [-0.39, 0.29) is 17.4 Å². The number of likely N-dealkylation sites (N-methyl/N-ethyl adjacent to an activating group) is 1. The first-order valence-electron chi connectivity index (χ1n) is 7.22. The van der Waals surface area contributed by atoms with Crippen LogP contribution in [0.3, 0.4) is 0 Å². The SMILES string of the molecule is CNC1CCCN(C(=O)c2cc(C(C)C)[nH]c(=O)c2)C1. The molecule has 1 atom stereocenters. The molecule has 1 amide bonds. The average Bonchev–Trinajstić information content (AvgIpc) is 2.45. The third-order valence-corrected chi connectivity index (χ3v) is 3.85. The number of H-pyrrole nitrogens is 1. The molecular weight excluding hydrogens is 254 g/mol. The number of nitrogens with one attached hydrogen (secondary N) is 2. The summed E-state index contributed by atoms with van der Waals surface area (Å²) in [7, 11) is 1.92. The third kappa shape index (κ3) is 3.28. The van der Waals surface area contributed by atoms with Gasteiger partial charge in [0.2, 0.25) is 5.56 Å².